The molecule has 2 rings (SSSR count). The lowest BCUT2D eigenvalue weighted by molar-refractivity contribution is -0.203. The number of aromatic nitrogens is 1. The number of thiazole rings is 1. The molecule has 7 nitrogen and oxygen atoms in total. The minimum atomic E-state index is -5.24. The van der Waals surface area contributed by atoms with Crippen molar-refractivity contribution >= 4 is 28.3 Å². The Balaban J connectivity index is 2.50. The maximum absolute atomic E-state index is 13.9. The van der Waals surface area contributed by atoms with Crippen LogP contribution in [0, 0.1) is 6.92 Å². The highest BCUT2D eigenvalue weighted by atomic mass is 32.1. The number of hydrogen-bond donors (Lipinski definition) is 2. The van der Waals surface area contributed by atoms with E-state index in [1.807, 2.05) is 5.32 Å². The molecule has 2 aromatic rings. The Morgan fingerprint density at radius 1 is 1.19 bits per heavy atom. The SMILES string of the molecule is COC(=O)[C@](NC(=O)c1ccccc1OC)(Nc1nc(C)cs1)C(F)(F)F. The van der Waals surface area contributed by atoms with E-state index < -0.39 is 23.7 Å². The van der Waals surface area contributed by atoms with Crippen LogP contribution >= 0.6 is 11.3 Å². The van der Waals surface area contributed by atoms with Crippen LogP contribution in [0.2, 0.25) is 0 Å². The van der Waals surface area contributed by atoms with Gasteiger partial charge in [-0.05, 0) is 19.1 Å². The first kappa shape index (κ1) is 20.5. The average Bonchev–Trinajstić information content (AvgIpc) is 3.03. The fraction of sp³-hybridized carbons (Fsp3) is 0.312. The average molecular weight is 403 g/mol. The molecule has 0 saturated carbocycles. The Morgan fingerprint density at radius 2 is 1.85 bits per heavy atom. The Labute approximate surface area is 156 Å². The number of nitrogens with zero attached hydrogens (tertiary/aromatic N) is 1. The summed E-state index contributed by atoms with van der Waals surface area (Å²) in [4.78, 5) is 28.5. The topological polar surface area (TPSA) is 89.5 Å². The number of para-hydroxylation sites is 1. The number of aryl methyl sites for hydroxylation is 1. The number of amides is 1. The minimum absolute atomic E-state index is 0.0426. The summed E-state index contributed by atoms with van der Waals surface area (Å²) in [5.74, 6) is -2.89. The van der Waals surface area contributed by atoms with Gasteiger partial charge in [0.25, 0.3) is 5.91 Å². The van der Waals surface area contributed by atoms with E-state index in [1.165, 1.54) is 30.7 Å². The molecular weight excluding hydrogens is 387 g/mol. The predicted octanol–water partition coefficient (Wildman–Crippen LogP) is 2.73. The molecule has 0 aliphatic carbocycles. The second kappa shape index (κ2) is 7.82. The van der Waals surface area contributed by atoms with Crippen molar-refractivity contribution in [1.29, 1.82) is 0 Å². The van der Waals surface area contributed by atoms with Gasteiger partial charge < -0.3 is 20.1 Å². The highest BCUT2D eigenvalue weighted by Gasteiger charge is 2.64. The number of alkyl halides is 3. The van der Waals surface area contributed by atoms with Gasteiger partial charge in [0.15, 0.2) is 5.13 Å². The molecule has 1 heterocycles. The summed E-state index contributed by atoms with van der Waals surface area (Å²) in [5.41, 5.74) is -3.28. The van der Waals surface area contributed by atoms with Crippen LogP contribution in [0.3, 0.4) is 0 Å². The van der Waals surface area contributed by atoms with Gasteiger partial charge in [-0.3, -0.25) is 4.79 Å². The van der Waals surface area contributed by atoms with Gasteiger partial charge >= 0.3 is 17.8 Å². The van der Waals surface area contributed by atoms with Crippen molar-refractivity contribution in [1.82, 2.24) is 10.3 Å². The van der Waals surface area contributed by atoms with E-state index in [0.29, 0.717) is 5.69 Å². The molecule has 0 aliphatic heterocycles. The fourth-order valence-electron chi connectivity index (χ4n) is 2.19. The van der Waals surface area contributed by atoms with E-state index in [1.54, 1.807) is 18.3 Å². The number of carbonyl (C=O) groups is 2. The lowest BCUT2D eigenvalue weighted by atomic mass is 10.1. The molecule has 2 N–H and O–H groups in total. The van der Waals surface area contributed by atoms with Gasteiger partial charge in [-0.15, -0.1) is 11.3 Å². The summed E-state index contributed by atoms with van der Waals surface area (Å²) in [7, 11) is 2.05. The second-order valence-corrected chi connectivity index (χ2v) is 6.17. The second-order valence-electron chi connectivity index (χ2n) is 5.31. The van der Waals surface area contributed by atoms with Crippen LogP contribution in [0.5, 0.6) is 5.75 Å². The Bertz CT molecular complexity index is 840. The van der Waals surface area contributed by atoms with Gasteiger partial charge in [0.1, 0.15) is 5.75 Å². The maximum Gasteiger partial charge on any atom is 0.442 e. The number of benzene rings is 1. The van der Waals surface area contributed by atoms with Crippen LogP contribution in [0.1, 0.15) is 16.1 Å². The Kier molecular flexibility index (Phi) is 5.94. The largest absolute Gasteiger partial charge is 0.496 e. The third kappa shape index (κ3) is 4.13. The first-order valence-corrected chi connectivity index (χ1v) is 8.33. The summed E-state index contributed by atoms with van der Waals surface area (Å²) in [5, 5.41) is 4.96. The van der Waals surface area contributed by atoms with Crippen molar-refractivity contribution in [2.45, 2.75) is 18.8 Å². The van der Waals surface area contributed by atoms with Crippen molar-refractivity contribution in [3.05, 3.63) is 40.9 Å². The van der Waals surface area contributed by atoms with Gasteiger partial charge in [0.2, 0.25) is 0 Å². The minimum Gasteiger partial charge on any atom is -0.496 e. The Hall–Kier alpha value is -2.82. The number of carbonyl (C=O) groups excluding carboxylic acids is 2. The summed E-state index contributed by atoms with van der Waals surface area (Å²) >= 11 is 0.845. The van der Waals surface area contributed by atoms with Crippen LogP contribution < -0.4 is 15.4 Å². The molecule has 27 heavy (non-hydrogen) atoms. The summed E-state index contributed by atoms with van der Waals surface area (Å²) < 4.78 is 51.1. The number of halogens is 3. The standard InChI is InChI=1S/C16H16F3N3O4S/c1-9-8-27-14(20-9)22-15(13(24)26-3,16(17,18)19)21-12(23)10-6-4-5-7-11(10)25-2/h4-8H,1-3H3,(H,20,22)(H,21,23)/t15-/m0/s1. The zero-order chi connectivity index (χ0) is 20.2. The van der Waals surface area contributed by atoms with Crippen LogP contribution in [0.4, 0.5) is 18.3 Å². The first-order valence-electron chi connectivity index (χ1n) is 7.45. The van der Waals surface area contributed by atoms with Gasteiger partial charge in [-0.2, -0.15) is 13.2 Å². The molecule has 0 aliphatic rings. The van der Waals surface area contributed by atoms with Gasteiger partial charge in [0.05, 0.1) is 25.5 Å². The number of anilines is 1. The fourth-order valence-corrected chi connectivity index (χ4v) is 2.93. The van der Waals surface area contributed by atoms with Gasteiger partial charge in [-0.25, -0.2) is 9.78 Å². The van der Waals surface area contributed by atoms with Crippen LogP contribution in [0.15, 0.2) is 29.6 Å². The van der Waals surface area contributed by atoms with E-state index in [4.69, 9.17) is 4.74 Å². The highest BCUT2D eigenvalue weighted by Crippen LogP contribution is 2.34. The zero-order valence-corrected chi connectivity index (χ0v) is 15.3. The molecule has 146 valence electrons. The number of rotatable bonds is 6. The first-order chi connectivity index (χ1) is 12.6. The smallest absolute Gasteiger partial charge is 0.442 e. The molecule has 0 saturated heterocycles. The van der Waals surface area contributed by atoms with Gasteiger partial charge in [0, 0.05) is 5.38 Å². The van der Waals surface area contributed by atoms with E-state index in [0.717, 1.165) is 18.4 Å². The third-order valence-electron chi connectivity index (χ3n) is 3.48. The molecule has 0 radical (unpaired) electrons. The number of hydrogen-bond acceptors (Lipinski definition) is 7. The monoisotopic (exact) mass is 403 g/mol. The molecule has 1 aromatic heterocycles. The van der Waals surface area contributed by atoms with Crippen molar-refractivity contribution in [2.75, 3.05) is 19.5 Å². The van der Waals surface area contributed by atoms with Crippen molar-refractivity contribution in [3.8, 4) is 5.75 Å². The number of nitrogens with one attached hydrogen (secondary N) is 2. The van der Waals surface area contributed by atoms with Gasteiger partial charge in [-0.1, -0.05) is 12.1 Å². The molecule has 1 atom stereocenters. The van der Waals surface area contributed by atoms with Crippen LogP contribution in [-0.2, 0) is 9.53 Å². The lowest BCUT2D eigenvalue weighted by Crippen LogP contribution is -2.69. The molecule has 0 spiro atoms. The summed E-state index contributed by atoms with van der Waals surface area (Å²) in [6, 6.07) is 5.66. The maximum atomic E-state index is 13.9. The number of ether oxygens (including phenoxy) is 2. The zero-order valence-electron chi connectivity index (χ0n) is 14.5. The molecule has 11 heteroatoms. The number of methoxy groups -OCH3 is 2. The Morgan fingerprint density at radius 3 is 2.37 bits per heavy atom. The lowest BCUT2D eigenvalue weighted by Gasteiger charge is -2.34. The predicted molar refractivity (Wildman–Crippen MR) is 91.7 cm³/mol. The number of esters is 1. The van der Waals surface area contributed by atoms with E-state index in [-0.39, 0.29) is 16.4 Å². The normalized spacial score (nSPS) is 13.4. The summed E-state index contributed by atoms with van der Waals surface area (Å²) in [6.07, 6.45) is -5.24. The molecular formula is C16H16F3N3O4S. The molecule has 0 unspecified atom stereocenters. The van der Waals surface area contributed by atoms with E-state index in [9.17, 15) is 22.8 Å². The van der Waals surface area contributed by atoms with Crippen molar-refractivity contribution < 1.29 is 32.2 Å². The van der Waals surface area contributed by atoms with E-state index >= 15 is 0 Å². The van der Waals surface area contributed by atoms with Crippen molar-refractivity contribution in [3.63, 3.8) is 0 Å². The molecule has 1 aromatic carbocycles. The molecule has 0 bridgehead atoms. The summed E-state index contributed by atoms with van der Waals surface area (Å²) in [6.45, 7) is 1.57. The highest BCUT2D eigenvalue weighted by molar-refractivity contribution is 7.13. The molecule has 0 fully saturated rings. The molecule has 1 amide bonds. The quantitative estimate of drug-likeness (QED) is 0.570. The van der Waals surface area contributed by atoms with Crippen LogP contribution in [-0.4, -0.2) is 42.9 Å². The van der Waals surface area contributed by atoms with E-state index in [2.05, 4.69) is 9.72 Å². The van der Waals surface area contributed by atoms with Crippen LogP contribution in [0.25, 0.3) is 0 Å². The van der Waals surface area contributed by atoms with Crippen molar-refractivity contribution in [2.24, 2.45) is 0 Å². The third-order valence-corrected chi connectivity index (χ3v) is 4.36.